The molecule has 2 N–H and O–H groups in total. The van der Waals surface area contributed by atoms with E-state index in [4.69, 9.17) is 5.73 Å². The van der Waals surface area contributed by atoms with Gasteiger partial charge in [0.25, 0.3) is 0 Å². The first-order chi connectivity index (χ1) is 9.36. The highest BCUT2D eigenvalue weighted by Gasteiger charge is 2.31. The topological polar surface area (TPSA) is 49.6 Å². The van der Waals surface area contributed by atoms with E-state index in [1.54, 1.807) is 0 Å². The van der Waals surface area contributed by atoms with Gasteiger partial charge in [0.2, 0.25) is 5.91 Å². The van der Waals surface area contributed by atoms with Gasteiger partial charge in [-0.1, -0.05) is 20.8 Å². The molecule has 2 aliphatic rings. The molecule has 4 heteroatoms. The predicted octanol–water partition coefficient (Wildman–Crippen LogP) is 1.69. The van der Waals surface area contributed by atoms with E-state index in [1.165, 1.54) is 0 Å². The molecule has 2 rings (SSSR count). The minimum atomic E-state index is 0.313. The molecule has 0 bridgehead atoms. The maximum absolute atomic E-state index is 12.4. The molecule has 2 heterocycles. The Morgan fingerprint density at radius 3 is 2.10 bits per heavy atom. The molecule has 2 saturated heterocycles. The summed E-state index contributed by atoms with van der Waals surface area (Å²) in [4.78, 5) is 16.7. The van der Waals surface area contributed by atoms with Crippen LogP contribution in [0.5, 0.6) is 0 Å². The van der Waals surface area contributed by atoms with Gasteiger partial charge in [0.15, 0.2) is 0 Å². The number of likely N-dealkylation sites (tertiary alicyclic amines) is 2. The van der Waals surface area contributed by atoms with Crippen molar-refractivity contribution in [3.63, 3.8) is 0 Å². The van der Waals surface area contributed by atoms with Gasteiger partial charge >= 0.3 is 0 Å². The summed E-state index contributed by atoms with van der Waals surface area (Å²) in [6.07, 6.45) is 4.36. The second-order valence-electron chi connectivity index (χ2n) is 7.63. The lowest BCUT2D eigenvalue weighted by Crippen LogP contribution is -2.48. The minimum Gasteiger partial charge on any atom is -0.342 e. The first-order valence-corrected chi connectivity index (χ1v) is 8.12. The highest BCUT2D eigenvalue weighted by atomic mass is 16.2. The molecular weight excluding hydrogens is 250 g/mol. The van der Waals surface area contributed by atoms with Crippen molar-refractivity contribution in [3.05, 3.63) is 0 Å². The smallest absolute Gasteiger partial charge is 0.236 e. The first kappa shape index (κ1) is 15.8. The van der Waals surface area contributed by atoms with Crippen LogP contribution in [0, 0.1) is 11.3 Å². The molecule has 20 heavy (non-hydrogen) atoms. The molecule has 116 valence electrons. The Balaban J connectivity index is 1.75. The van der Waals surface area contributed by atoms with Crippen LogP contribution in [0.3, 0.4) is 0 Å². The van der Waals surface area contributed by atoms with E-state index in [1.807, 2.05) is 0 Å². The molecule has 2 aliphatic heterocycles. The van der Waals surface area contributed by atoms with Gasteiger partial charge in [-0.15, -0.1) is 0 Å². The van der Waals surface area contributed by atoms with Crippen molar-refractivity contribution < 1.29 is 4.79 Å². The number of amides is 1. The summed E-state index contributed by atoms with van der Waals surface area (Å²) in [5.74, 6) is 1.06. The summed E-state index contributed by atoms with van der Waals surface area (Å²) < 4.78 is 0. The average Bonchev–Trinajstić information content (AvgIpc) is 2.40. The normalized spacial score (nSPS) is 24.1. The Bertz CT molecular complexity index is 321. The quantitative estimate of drug-likeness (QED) is 0.838. The molecule has 0 aromatic carbocycles. The number of piperidine rings is 2. The van der Waals surface area contributed by atoms with Crippen LogP contribution >= 0.6 is 0 Å². The highest BCUT2D eigenvalue weighted by molar-refractivity contribution is 5.78. The van der Waals surface area contributed by atoms with Crippen LogP contribution in [-0.2, 0) is 4.79 Å². The molecular formula is C16H31N3O. The van der Waals surface area contributed by atoms with Crippen LogP contribution in [0.25, 0.3) is 0 Å². The van der Waals surface area contributed by atoms with E-state index in [0.717, 1.165) is 57.8 Å². The van der Waals surface area contributed by atoms with Crippen molar-refractivity contribution in [2.75, 3.05) is 32.7 Å². The van der Waals surface area contributed by atoms with E-state index in [-0.39, 0.29) is 0 Å². The van der Waals surface area contributed by atoms with Crippen LogP contribution in [0.2, 0.25) is 0 Å². The van der Waals surface area contributed by atoms with Crippen molar-refractivity contribution in [2.45, 2.75) is 52.5 Å². The monoisotopic (exact) mass is 281 g/mol. The maximum Gasteiger partial charge on any atom is 0.236 e. The van der Waals surface area contributed by atoms with Crippen LogP contribution in [-0.4, -0.2) is 54.5 Å². The molecule has 0 saturated carbocycles. The Morgan fingerprint density at radius 1 is 1.05 bits per heavy atom. The van der Waals surface area contributed by atoms with Gasteiger partial charge in [0.05, 0.1) is 6.54 Å². The molecule has 0 radical (unpaired) electrons. The SMILES string of the molecule is CC(C)(C)C1CCN(C(=O)CN2CCC(N)CC2)CC1. The van der Waals surface area contributed by atoms with Crippen molar-refractivity contribution in [3.8, 4) is 0 Å². The zero-order valence-corrected chi connectivity index (χ0v) is 13.4. The summed E-state index contributed by atoms with van der Waals surface area (Å²) in [6.45, 7) is 11.4. The molecule has 2 fully saturated rings. The van der Waals surface area contributed by atoms with E-state index in [0.29, 0.717) is 23.9 Å². The third kappa shape index (κ3) is 4.19. The molecule has 0 aromatic heterocycles. The molecule has 0 unspecified atom stereocenters. The Hall–Kier alpha value is -0.610. The average molecular weight is 281 g/mol. The van der Waals surface area contributed by atoms with Gasteiger partial charge in [-0.05, 0) is 37.0 Å². The molecule has 0 aliphatic carbocycles. The molecule has 0 aromatic rings. The Kier molecular flexibility index (Phi) is 5.08. The zero-order valence-electron chi connectivity index (χ0n) is 13.4. The first-order valence-electron chi connectivity index (χ1n) is 8.12. The van der Waals surface area contributed by atoms with E-state index < -0.39 is 0 Å². The second kappa shape index (κ2) is 6.44. The molecule has 4 nitrogen and oxygen atoms in total. The number of carbonyl (C=O) groups is 1. The summed E-state index contributed by atoms with van der Waals surface area (Å²) in [5, 5.41) is 0. The van der Waals surface area contributed by atoms with Gasteiger partial charge in [-0.25, -0.2) is 0 Å². The van der Waals surface area contributed by atoms with Crippen LogP contribution in [0.15, 0.2) is 0 Å². The van der Waals surface area contributed by atoms with Crippen LogP contribution in [0.1, 0.15) is 46.5 Å². The van der Waals surface area contributed by atoms with Crippen molar-refractivity contribution in [2.24, 2.45) is 17.1 Å². The number of carbonyl (C=O) groups excluding carboxylic acids is 1. The third-order valence-electron chi connectivity index (χ3n) is 5.06. The van der Waals surface area contributed by atoms with Crippen molar-refractivity contribution in [1.82, 2.24) is 9.80 Å². The summed E-state index contributed by atoms with van der Waals surface area (Å²) in [7, 11) is 0. The lowest BCUT2D eigenvalue weighted by atomic mass is 9.75. The summed E-state index contributed by atoms with van der Waals surface area (Å²) in [5.41, 5.74) is 6.28. The summed E-state index contributed by atoms with van der Waals surface area (Å²) >= 11 is 0. The number of rotatable bonds is 2. The Labute approximate surface area is 123 Å². The zero-order chi connectivity index (χ0) is 14.8. The number of hydrogen-bond acceptors (Lipinski definition) is 3. The number of nitrogens with two attached hydrogens (primary N) is 1. The second-order valence-corrected chi connectivity index (χ2v) is 7.63. The number of hydrogen-bond donors (Lipinski definition) is 1. The predicted molar refractivity (Wildman–Crippen MR) is 82.4 cm³/mol. The fraction of sp³-hybridized carbons (Fsp3) is 0.938. The van der Waals surface area contributed by atoms with Gasteiger partial charge in [-0.2, -0.15) is 0 Å². The fourth-order valence-electron chi connectivity index (χ4n) is 3.40. The largest absolute Gasteiger partial charge is 0.342 e. The van der Waals surface area contributed by atoms with Gasteiger partial charge < -0.3 is 10.6 Å². The lowest BCUT2D eigenvalue weighted by molar-refractivity contribution is -0.134. The molecule has 0 atom stereocenters. The number of nitrogens with zero attached hydrogens (tertiary/aromatic N) is 2. The van der Waals surface area contributed by atoms with Gasteiger partial charge in [0, 0.05) is 32.2 Å². The maximum atomic E-state index is 12.4. The van der Waals surface area contributed by atoms with Gasteiger partial charge in [-0.3, -0.25) is 9.69 Å². The molecule has 0 spiro atoms. The van der Waals surface area contributed by atoms with Gasteiger partial charge in [0.1, 0.15) is 0 Å². The van der Waals surface area contributed by atoms with E-state index >= 15 is 0 Å². The highest BCUT2D eigenvalue weighted by Crippen LogP contribution is 2.34. The minimum absolute atomic E-state index is 0.313. The van der Waals surface area contributed by atoms with Crippen molar-refractivity contribution in [1.29, 1.82) is 0 Å². The fourth-order valence-corrected chi connectivity index (χ4v) is 3.40. The van der Waals surface area contributed by atoms with Crippen LogP contribution in [0.4, 0.5) is 0 Å². The summed E-state index contributed by atoms with van der Waals surface area (Å²) in [6, 6.07) is 0.337. The standard InChI is InChI=1S/C16H31N3O/c1-16(2,3)13-4-10-19(11-5-13)15(20)12-18-8-6-14(17)7-9-18/h13-14H,4-12,17H2,1-3H3. The Morgan fingerprint density at radius 2 is 1.60 bits per heavy atom. The van der Waals surface area contributed by atoms with Crippen molar-refractivity contribution >= 4 is 5.91 Å². The third-order valence-corrected chi connectivity index (χ3v) is 5.06. The lowest BCUT2D eigenvalue weighted by Gasteiger charge is -2.39. The van der Waals surface area contributed by atoms with E-state index in [2.05, 4.69) is 30.6 Å². The van der Waals surface area contributed by atoms with Crippen LogP contribution < -0.4 is 5.73 Å². The van der Waals surface area contributed by atoms with E-state index in [9.17, 15) is 4.79 Å². The molecule has 1 amide bonds.